The Balaban J connectivity index is 2.21. The first-order valence-corrected chi connectivity index (χ1v) is 6.78. The predicted molar refractivity (Wildman–Crippen MR) is 75.7 cm³/mol. The van der Waals surface area contributed by atoms with E-state index in [1.165, 1.54) is 6.92 Å². The largest absolute Gasteiger partial charge is 0.345 e. The highest BCUT2D eigenvalue weighted by molar-refractivity contribution is 6.42. The molecular formula is C13H14Cl2N2O2. The minimum atomic E-state index is -0.458. The summed E-state index contributed by atoms with van der Waals surface area (Å²) in [6.45, 7) is 2.03. The third kappa shape index (κ3) is 3.19. The number of benzene rings is 1. The summed E-state index contributed by atoms with van der Waals surface area (Å²) in [6, 6.07) is 4.62. The van der Waals surface area contributed by atoms with E-state index in [2.05, 4.69) is 5.32 Å². The molecule has 0 bridgehead atoms. The molecule has 0 radical (unpaired) electrons. The average molecular weight is 301 g/mol. The maximum absolute atomic E-state index is 12.3. The van der Waals surface area contributed by atoms with Crippen molar-refractivity contribution in [3.05, 3.63) is 28.2 Å². The van der Waals surface area contributed by atoms with Crippen LogP contribution in [0.1, 0.15) is 19.8 Å². The van der Waals surface area contributed by atoms with Gasteiger partial charge in [-0.25, -0.2) is 0 Å². The Morgan fingerprint density at radius 1 is 1.37 bits per heavy atom. The molecule has 1 aliphatic heterocycles. The van der Waals surface area contributed by atoms with Gasteiger partial charge in [-0.1, -0.05) is 23.2 Å². The van der Waals surface area contributed by atoms with Crippen LogP contribution in [0.5, 0.6) is 0 Å². The van der Waals surface area contributed by atoms with Gasteiger partial charge in [0, 0.05) is 19.2 Å². The lowest BCUT2D eigenvalue weighted by Crippen LogP contribution is -2.52. The highest BCUT2D eigenvalue weighted by Crippen LogP contribution is 2.29. The molecule has 0 aliphatic carbocycles. The molecule has 1 heterocycles. The molecule has 1 N–H and O–H groups in total. The number of halogens is 2. The zero-order valence-corrected chi connectivity index (χ0v) is 12.0. The molecule has 1 atom stereocenters. The zero-order chi connectivity index (χ0) is 14.0. The van der Waals surface area contributed by atoms with Gasteiger partial charge < -0.3 is 10.2 Å². The van der Waals surface area contributed by atoms with E-state index in [9.17, 15) is 9.59 Å². The minimum Gasteiger partial charge on any atom is -0.345 e. The maximum Gasteiger partial charge on any atom is 0.249 e. The van der Waals surface area contributed by atoms with Crippen molar-refractivity contribution in [2.75, 3.05) is 11.4 Å². The lowest BCUT2D eigenvalue weighted by atomic mass is 10.0. The van der Waals surface area contributed by atoms with Gasteiger partial charge in [-0.15, -0.1) is 0 Å². The number of piperidine rings is 1. The Labute approximate surface area is 121 Å². The summed E-state index contributed by atoms with van der Waals surface area (Å²) < 4.78 is 0. The molecule has 2 amide bonds. The predicted octanol–water partition coefficient (Wildman–Crippen LogP) is 2.62. The van der Waals surface area contributed by atoms with Gasteiger partial charge in [0.05, 0.1) is 10.0 Å². The lowest BCUT2D eigenvalue weighted by molar-refractivity contribution is -0.127. The van der Waals surface area contributed by atoms with Crippen molar-refractivity contribution < 1.29 is 9.59 Å². The first-order valence-electron chi connectivity index (χ1n) is 6.02. The van der Waals surface area contributed by atoms with Gasteiger partial charge in [-0.05, 0) is 31.0 Å². The fourth-order valence-corrected chi connectivity index (χ4v) is 2.46. The summed E-state index contributed by atoms with van der Waals surface area (Å²) in [5.74, 6) is -0.311. The second-order valence-corrected chi connectivity index (χ2v) is 5.30. The summed E-state index contributed by atoms with van der Waals surface area (Å²) >= 11 is 11.8. The monoisotopic (exact) mass is 300 g/mol. The van der Waals surface area contributed by atoms with Gasteiger partial charge in [0.1, 0.15) is 6.04 Å². The third-order valence-electron chi connectivity index (χ3n) is 3.03. The summed E-state index contributed by atoms with van der Waals surface area (Å²) in [7, 11) is 0. The summed E-state index contributed by atoms with van der Waals surface area (Å²) in [6.07, 6.45) is 1.49. The molecule has 0 spiro atoms. The van der Waals surface area contributed by atoms with E-state index < -0.39 is 6.04 Å². The van der Waals surface area contributed by atoms with Crippen LogP contribution in [0.4, 0.5) is 5.69 Å². The van der Waals surface area contributed by atoms with Crippen molar-refractivity contribution in [1.29, 1.82) is 0 Å². The quantitative estimate of drug-likeness (QED) is 0.913. The maximum atomic E-state index is 12.3. The van der Waals surface area contributed by atoms with Crippen LogP contribution in [0.15, 0.2) is 18.2 Å². The van der Waals surface area contributed by atoms with Crippen LogP contribution in [-0.4, -0.2) is 24.4 Å². The molecule has 0 saturated carbocycles. The van der Waals surface area contributed by atoms with Gasteiger partial charge >= 0.3 is 0 Å². The highest BCUT2D eigenvalue weighted by Gasteiger charge is 2.30. The fraction of sp³-hybridized carbons (Fsp3) is 0.385. The van der Waals surface area contributed by atoms with Crippen molar-refractivity contribution in [2.45, 2.75) is 25.8 Å². The number of carbonyl (C=O) groups is 2. The Morgan fingerprint density at radius 3 is 2.74 bits per heavy atom. The number of hydrogen-bond donors (Lipinski definition) is 1. The molecule has 1 aliphatic rings. The molecular weight excluding hydrogens is 287 g/mol. The first kappa shape index (κ1) is 14.2. The van der Waals surface area contributed by atoms with E-state index in [1.54, 1.807) is 23.1 Å². The SMILES string of the molecule is CC(=O)NC1CCCN(c2ccc(Cl)c(Cl)c2)C1=O. The molecule has 6 heteroatoms. The van der Waals surface area contributed by atoms with E-state index >= 15 is 0 Å². The van der Waals surface area contributed by atoms with Crippen LogP contribution in [0.2, 0.25) is 10.0 Å². The summed E-state index contributed by atoms with van der Waals surface area (Å²) in [4.78, 5) is 25.0. The third-order valence-corrected chi connectivity index (χ3v) is 3.77. The second kappa shape index (κ2) is 5.80. The van der Waals surface area contributed by atoms with E-state index in [0.717, 1.165) is 6.42 Å². The lowest BCUT2D eigenvalue weighted by Gasteiger charge is -2.32. The molecule has 0 aromatic heterocycles. The average Bonchev–Trinajstić information content (AvgIpc) is 2.35. The van der Waals surface area contributed by atoms with Gasteiger partial charge in [-0.3, -0.25) is 9.59 Å². The number of carbonyl (C=O) groups excluding carboxylic acids is 2. The van der Waals surface area contributed by atoms with Crippen LogP contribution in [0.25, 0.3) is 0 Å². The number of anilines is 1. The molecule has 2 rings (SSSR count). The number of amides is 2. The number of rotatable bonds is 2. The summed E-state index contributed by atoms with van der Waals surface area (Å²) in [5, 5.41) is 3.53. The Hall–Kier alpha value is -1.26. The van der Waals surface area contributed by atoms with Gasteiger partial charge in [0.2, 0.25) is 11.8 Å². The molecule has 1 saturated heterocycles. The van der Waals surface area contributed by atoms with E-state index in [0.29, 0.717) is 28.7 Å². The number of nitrogens with zero attached hydrogens (tertiary/aromatic N) is 1. The summed E-state index contributed by atoms with van der Waals surface area (Å²) in [5.41, 5.74) is 0.703. The van der Waals surface area contributed by atoms with Crippen LogP contribution in [-0.2, 0) is 9.59 Å². The van der Waals surface area contributed by atoms with Crippen molar-refractivity contribution in [1.82, 2.24) is 5.32 Å². The number of hydrogen-bond acceptors (Lipinski definition) is 2. The van der Waals surface area contributed by atoms with E-state index in [-0.39, 0.29) is 11.8 Å². The van der Waals surface area contributed by atoms with Crippen LogP contribution < -0.4 is 10.2 Å². The Kier molecular flexibility index (Phi) is 4.32. The Morgan fingerprint density at radius 2 is 2.11 bits per heavy atom. The van der Waals surface area contributed by atoms with Crippen molar-refractivity contribution >= 4 is 40.7 Å². The van der Waals surface area contributed by atoms with Crippen LogP contribution in [0, 0.1) is 0 Å². The molecule has 1 fully saturated rings. The molecule has 1 aromatic carbocycles. The van der Waals surface area contributed by atoms with Crippen molar-refractivity contribution in [3.8, 4) is 0 Å². The van der Waals surface area contributed by atoms with E-state index in [1.807, 2.05) is 0 Å². The highest BCUT2D eigenvalue weighted by atomic mass is 35.5. The normalized spacial score (nSPS) is 19.4. The van der Waals surface area contributed by atoms with Gasteiger partial charge in [-0.2, -0.15) is 0 Å². The molecule has 102 valence electrons. The van der Waals surface area contributed by atoms with E-state index in [4.69, 9.17) is 23.2 Å². The topological polar surface area (TPSA) is 49.4 Å². The van der Waals surface area contributed by atoms with Crippen LogP contribution >= 0.6 is 23.2 Å². The standard InChI is InChI=1S/C13H14Cl2N2O2/c1-8(18)16-12-3-2-6-17(13(12)19)9-4-5-10(14)11(15)7-9/h4-5,7,12H,2-3,6H2,1H3,(H,16,18). The van der Waals surface area contributed by atoms with Crippen molar-refractivity contribution in [3.63, 3.8) is 0 Å². The number of nitrogens with one attached hydrogen (secondary N) is 1. The molecule has 4 nitrogen and oxygen atoms in total. The zero-order valence-electron chi connectivity index (χ0n) is 10.5. The molecule has 1 unspecified atom stereocenters. The Bertz CT molecular complexity index is 519. The molecule has 19 heavy (non-hydrogen) atoms. The first-order chi connectivity index (χ1) is 8.99. The second-order valence-electron chi connectivity index (χ2n) is 4.48. The smallest absolute Gasteiger partial charge is 0.249 e. The van der Waals surface area contributed by atoms with Gasteiger partial charge in [0.15, 0.2) is 0 Å². The molecule has 1 aromatic rings. The van der Waals surface area contributed by atoms with Crippen molar-refractivity contribution in [2.24, 2.45) is 0 Å². The minimum absolute atomic E-state index is 0.111. The van der Waals surface area contributed by atoms with Crippen LogP contribution in [0.3, 0.4) is 0 Å². The van der Waals surface area contributed by atoms with Gasteiger partial charge in [0.25, 0.3) is 0 Å². The fourth-order valence-electron chi connectivity index (χ4n) is 2.16.